The van der Waals surface area contributed by atoms with E-state index in [-0.39, 0.29) is 11.3 Å². The van der Waals surface area contributed by atoms with Gasteiger partial charge < -0.3 is 5.32 Å². The second-order valence-corrected chi connectivity index (χ2v) is 9.43. The Morgan fingerprint density at radius 1 is 1.23 bits per heavy atom. The number of halogens is 4. The van der Waals surface area contributed by atoms with Crippen LogP contribution in [-0.4, -0.2) is 23.5 Å². The summed E-state index contributed by atoms with van der Waals surface area (Å²) in [7, 11) is -4.08. The largest absolute Gasteiger partial charge is 0.336 e. The molecule has 4 nitrogen and oxygen atoms in total. The summed E-state index contributed by atoms with van der Waals surface area (Å²) in [6, 6.07) is 5.39. The van der Waals surface area contributed by atoms with Crippen LogP contribution in [0.25, 0.3) is 0 Å². The monoisotopic (exact) mass is 405 g/mol. The lowest BCUT2D eigenvalue weighted by Gasteiger charge is -2.25. The fraction of sp³-hybridized carbons (Fsp3) is 0.462. The predicted molar refractivity (Wildman–Crippen MR) is 90.4 cm³/mol. The Labute approximate surface area is 150 Å². The molecule has 0 aliphatic rings. The van der Waals surface area contributed by atoms with E-state index in [1.54, 1.807) is 0 Å². The SMILES string of the molecule is CCCCC(=O)NC(C(Cl)(Cl)Cl)S(=O)(=O)c1ccc(Cl)cc1. The van der Waals surface area contributed by atoms with Crippen molar-refractivity contribution in [2.45, 2.75) is 40.2 Å². The van der Waals surface area contributed by atoms with Gasteiger partial charge in [-0.2, -0.15) is 0 Å². The van der Waals surface area contributed by atoms with Crippen LogP contribution in [0.15, 0.2) is 29.2 Å². The molecule has 0 saturated carbocycles. The standard InChI is InChI=1S/C13H15Cl4NO3S/c1-2-3-4-11(19)18-12(13(15,16)17)22(20,21)10-7-5-9(14)6-8-10/h5-8,12H,2-4H2,1H3,(H,18,19). The van der Waals surface area contributed by atoms with Gasteiger partial charge in [0.05, 0.1) is 4.90 Å². The fourth-order valence-electron chi connectivity index (χ4n) is 1.65. The first kappa shape index (κ1) is 19.8. The quantitative estimate of drug-likeness (QED) is 0.722. The van der Waals surface area contributed by atoms with Gasteiger partial charge in [0.1, 0.15) is 0 Å². The highest BCUT2D eigenvalue weighted by atomic mass is 35.6. The number of benzene rings is 1. The second kappa shape index (κ2) is 8.06. The van der Waals surface area contributed by atoms with Crippen LogP contribution in [0.4, 0.5) is 0 Å². The van der Waals surface area contributed by atoms with E-state index in [0.29, 0.717) is 11.4 Å². The van der Waals surface area contributed by atoms with Gasteiger partial charge in [-0.15, -0.1) is 0 Å². The molecule has 0 saturated heterocycles. The fourth-order valence-corrected chi connectivity index (χ4v) is 4.42. The zero-order chi connectivity index (χ0) is 17.0. The van der Waals surface area contributed by atoms with Crippen LogP contribution >= 0.6 is 46.4 Å². The Hall–Kier alpha value is -0.200. The number of unbranched alkanes of at least 4 members (excludes halogenated alkanes) is 1. The third-order valence-electron chi connectivity index (χ3n) is 2.80. The zero-order valence-corrected chi connectivity index (χ0v) is 15.5. The molecule has 1 atom stereocenters. The van der Waals surface area contributed by atoms with Crippen molar-refractivity contribution in [3.05, 3.63) is 29.3 Å². The third-order valence-corrected chi connectivity index (χ3v) is 6.12. The van der Waals surface area contributed by atoms with E-state index in [2.05, 4.69) is 5.32 Å². The van der Waals surface area contributed by atoms with E-state index in [9.17, 15) is 13.2 Å². The highest BCUT2D eigenvalue weighted by Crippen LogP contribution is 2.36. The number of amides is 1. The summed E-state index contributed by atoms with van der Waals surface area (Å²) in [5.74, 6) is -0.490. The van der Waals surface area contributed by atoms with E-state index in [1.165, 1.54) is 24.3 Å². The number of nitrogens with one attached hydrogen (secondary N) is 1. The van der Waals surface area contributed by atoms with Crippen LogP contribution in [0.1, 0.15) is 26.2 Å². The number of carbonyl (C=O) groups is 1. The lowest BCUT2D eigenvalue weighted by Crippen LogP contribution is -2.49. The maximum Gasteiger partial charge on any atom is 0.225 e. The molecule has 1 amide bonds. The Balaban J connectivity index is 3.11. The number of hydrogen-bond acceptors (Lipinski definition) is 3. The molecule has 1 N–H and O–H groups in total. The van der Waals surface area contributed by atoms with Crippen LogP contribution in [0.2, 0.25) is 5.02 Å². The topological polar surface area (TPSA) is 63.2 Å². The van der Waals surface area contributed by atoms with Crippen LogP contribution < -0.4 is 5.32 Å². The second-order valence-electron chi connectivity index (χ2n) is 4.59. The Bertz CT molecular complexity index is 611. The summed E-state index contributed by atoms with van der Waals surface area (Å²) in [4.78, 5) is 11.7. The molecule has 0 heterocycles. The molecule has 1 aromatic rings. The van der Waals surface area contributed by atoms with Gasteiger partial charge in [-0.3, -0.25) is 4.79 Å². The molecule has 1 rings (SSSR count). The van der Waals surface area contributed by atoms with Gasteiger partial charge >= 0.3 is 0 Å². The highest BCUT2D eigenvalue weighted by molar-refractivity contribution is 7.92. The van der Waals surface area contributed by atoms with Crippen molar-refractivity contribution in [3.63, 3.8) is 0 Å². The number of carbonyl (C=O) groups excluding carboxylic acids is 1. The zero-order valence-electron chi connectivity index (χ0n) is 11.7. The summed E-state index contributed by atoms with van der Waals surface area (Å²) < 4.78 is 23.0. The first-order chi connectivity index (χ1) is 10.1. The molecule has 9 heteroatoms. The van der Waals surface area contributed by atoms with E-state index in [4.69, 9.17) is 46.4 Å². The van der Waals surface area contributed by atoms with Crippen molar-refractivity contribution in [2.24, 2.45) is 0 Å². The maximum atomic E-state index is 12.6. The van der Waals surface area contributed by atoms with Crippen LogP contribution in [0, 0.1) is 0 Å². The van der Waals surface area contributed by atoms with Crippen molar-refractivity contribution < 1.29 is 13.2 Å². The summed E-state index contributed by atoms with van der Waals surface area (Å²) >= 11 is 23.0. The minimum Gasteiger partial charge on any atom is -0.336 e. The lowest BCUT2D eigenvalue weighted by atomic mass is 10.2. The molecule has 0 aromatic heterocycles. The Morgan fingerprint density at radius 3 is 2.23 bits per heavy atom. The minimum absolute atomic E-state index is 0.0935. The first-order valence-corrected chi connectivity index (χ1v) is 9.50. The molecule has 0 bridgehead atoms. The summed E-state index contributed by atoms with van der Waals surface area (Å²) in [6.07, 6.45) is 1.55. The van der Waals surface area contributed by atoms with Gasteiger partial charge in [0.15, 0.2) is 5.37 Å². The van der Waals surface area contributed by atoms with Crippen LogP contribution in [-0.2, 0) is 14.6 Å². The Morgan fingerprint density at radius 2 is 1.77 bits per heavy atom. The smallest absolute Gasteiger partial charge is 0.225 e. The normalized spacial score (nSPS) is 13.7. The van der Waals surface area contributed by atoms with Crippen LogP contribution in [0.3, 0.4) is 0 Å². The molecule has 0 spiro atoms. The molecular weight excluding hydrogens is 392 g/mol. The maximum absolute atomic E-state index is 12.6. The van der Waals surface area contributed by atoms with Crippen molar-refractivity contribution in [1.29, 1.82) is 0 Å². The highest BCUT2D eigenvalue weighted by Gasteiger charge is 2.44. The van der Waals surface area contributed by atoms with Gasteiger partial charge in [-0.1, -0.05) is 59.7 Å². The first-order valence-electron chi connectivity index (χ1n) is 6.44. The van der Waals surface area contributed by atoms with Crippen molar-refractivity contribution in [1.82, 2.24) is 5.32 Å². The lowest BCUT2D eigenvalue weighted by molar-refractivity contribution is -0.121. The van der Waals surface area contributed by atoms with E-state index < -0.39 is 24.9 Å². The number of sulfone groups is 1. The third kappa shape index (κ3) is 5.46. The average Bonchev–Trinajstić information content (AvgIpc) is 2.41. The molecule has 0 aliphatic carbocycles. The summed E-state index contributed by atoms with van der Waals surface area (Å²) in [5, 5.41) is 0.976. The molecule has 0 fully saturated rings. The summed E-state index contributed by atoms with van der Waals surface area (Å²) in [6.45, 7) is 1.91. The molecule has 22 heavy (non-hydrogen) atoms. The van der Waals surface area contributed by atoms with Crippen molar-refractivity contribution >= 4 is 62.1 Å². The molecule has 0 aliphatic heterocycles. The van der Waals surface area contributed by atoms with E-state index >= 15 is 0 Å². The summed E-state index contributed by atoms with van der Waals surface area (Å²) in [5.41, 5.74) is 0. The number of alkyl halides is 3. The average molecular weight is 407 g/mol. The van der Waals surface area contributed by atoms with Gasteiger partial charge in [0.2, 0.25) is 19.5 Å². The van der Waals surface area contributed by atoms with Gasteiger partial charge in [0.25, 0.3) is 0 Å². The Kier molecular flexibility index (Phi) is 7.27. The van der Waals surface area contributed by atoms with E-state index in [1.807, 2.05) is 6.92 Å². The molecule has 1 unspecified atom stereocenters. The van der Waals surface area contributed by atoms with Crippen molar-refractivity contribution in [3.8, 4) is 0 Å². The van der Waals surface area contributed by atoms with Gasteiger partial charge in [-0.25, -0.2) is 8.42 Å². The number of rotatable bonds is 6. The molecule has 0 radical (unpaired) electrons. The molecule has 124 valence electrons. The molecule has 1 aromatic carbocycles. The predicted octanol–water partition coefficient (Wildman–Crippen LogP) is 4.12. The molecular formula is C13H15Cl4NO3S. The van der Waals surface area contributed by atoms with Gasteiger partial charge in [-0.05, 0) is 30.7 Å². The van der Waals surface area contributed by atoms with Gasteiger partial charge in [0, 0.05) is 11.4 Å². The number of hydrogen-bond donors (Lipinski definition) is 1. The van der Waals surface area contributed by atoms with E-state index in [0.717, 1.165) is 6.42 Å². The van der Waals surface area contributed by atoms with Crippen LogP contribution in [0.5, 0.6) is 0 Å². The van der Waals surface area contributed by atoms with Crippen molar-refractivity contribution in [2.75, 3.05) is 0 Å². The minimum atomic E-state index is -4.08.